The second-order valence-corrected chi connectivity index (χ2v) is 8.64. The van der Waals surface area contributed by atoms with Crippen LogP contribution in [0.2, 0.25) is 0 Å². The number of carbonyl (C=O) groups excluding carboxylic acids is 1. The lowest BCUT2D eigenvalue weighted by Gasteiger charge is -2.36. The average Bonchev–Trinajstić information content (AvgIpc) is 2.45. The second kappa shape index (κ2) is 6.99. The summed E-state index contributed by atoms with van der Waals surface area (Å²) in [6, 6.07) is 3.87. The highest BCUT2D eigenvalue weighted by Crippen LogP contribution is 2.32. The van der Waals surface area contributed by atoms with Crippen LogP contribution < -0.4 is 5.73 Å². The number of nitrogen functional groups attached to an aromatic ring is 1. The minimum absolute atomic E-state index is 0.124. The van der Waals surface area contributed by atoms with Crippen molar-refractivity contribution in [2.24, 2.45) is 5.41 Å². The Labute approximate surface area is 145 Å². The molecule has 5 heteroatoms. The van der Waals surface area contributed by atoms with Crippen molar-refractivity contribution < 1.29 is 9.53 Å². The molecule has 0 unspecified atom stereocenters. The number of pyridine rings is 1. The van der Waals surface area contributed by atoms with Crippen LogP contribution in [0.25, 0.3) is 0 Å². The monoisotopic (exact) mass is 333 g/mol. The number of carbonyl (C=O) groups is 1. The lowest BCUT2D eigenvalue weighted by molar-refractivity contribution is -0.0126. The predicted molar refractivity (Wildman–Crippen MR) is 96.8 cm³/mol. The maximum atomic E-state index is 12.5. The SMILES string of the molecule is CC(C)(C)CC(C)(C)OC(=O)N1CCC(c2ccc(N)nc2)CC1. The summed E-state index contributed by atoms with van der Waals surface area (Å²) in [5, 5.41) is 0. The van der Waals surface area contributed by atoms with Crippen LogP contribution in [-0.2, 0) is 4.74 Å². The van der Waals surface area contributed by atoms with Gasteiger partial charge in [-0.05, 0) is 56.1 Å². The topological polar surface area (TPSA) is 68.5 Å². The average molecular weight is 333 g/mol. The zero-order valence-electron chi connectivity index (χ0n) is 15.6. The maximum Gasteiger partial charge on any atom is 0.410 e. The first-order chi connectivity index (χ1) is 11.1. The van der Waals surface area contributed by atoms with Gasteiger partial charge in [0, 0.05) is 19.3 Å². The van der Waals surface area contributed by atoms with E-state index < -0.39 is 5.60 Å². The van der Waals surface area contributed by atoms with Gasteiger partial charge in [-0.25, -0.2) is 9.78 Å². The van der Waals surface area contributed by atoms with Crippen LogP contribution in [0.1, 0.15) is 65.4 Å². The van der Waals surface area contributed by atoms with E-state index in [0.717, 1.165) is 32.4 Å². The Morgan fingerprint density at radius 2 is 1.88 bits per heavy atom. The zero-order chi connectivity index (χ0) is 18.0. The lowest BCUT2D eigenvalue weighted by atomic mass is 9.84. The molecule has 1 saturated heterocycles. The number of rotatable bonds is 3. The van der Waals surface area contributed by atoms with Crippen molar-refractivity contribution in [1.82, 2.24) is 9.88 Å². The van der Waals surface area contributed by atoms with Crippen LogP contribution in [-0.4, -0.2) is 34.7 Å². The van der Waals surface area contributed by atoms with Crippen molar-refractivity contribution >= 4 is 11.9 Å². The van der Waals surface area contributed by atoms with Crippen molar-refractivity contribution in [1.29, 1.82) is 0 Å². The molecule has 0 radical (unpaired) electrons. The summed E-state index contributed by atoms with van der Waals surface area (Å²) in [5.41, 5.74) is 6.51. The summed E-state index contributed by atoms with van der Waals surface area (Å²) in [7, 11) is 0. The van der Waals surface area contributed by atoms with Gasteiger partial charge >= 0.3 is 6.09 Å². The molecular weight excluding hydrogens is 302 g/mol. The van der Waals surface area contributed by atoms with Gasteiger partial charge in [0.25, 0.3) is 0 Å². The summed E-state index contributed by atoms with van der Waals surface area (Å²) in [4.78, 5) is 18.5. The van der Waals surface area contributed by atoms with Gasteiger partial charge in [0.05, 0.1) is 0 Å². The first-order valence-electron chi connectivity index (χ1n) is 8.75. The van der Waals surface area contributed by atoms with Gasteiger partial charge in [-0.15, -0.1) is 0 Å². The van der Waals surface area contributed by atoms with E-state index in [-0.39, 0.29) is 11.5 Å². The molecule has 0 bridgehead atoms. The van der Waals surface area contributed by atoms with E-state index in [1.807, 2.05) is 37.1 Å². The molecular formula is C19H31N3O2. The van der Waals surface area contributed by atoms with Crippen LogP contribution in [0.15, 0.2) is 18.3 Å². The van der Waals surface area contributed by atoms with E-state index in [1.54, 1.807) is 0 Å². The van der Waals surface area contributed by atoms with Gasteiger partial charge in [-0.2, -0.15) is 0 Å². The molecule has 1 fully saturated rings. The van der Waals surface area contributed by atoms with Crippen molar-refractivity contribution in [3.63, 3.8) is 0 Å². The van der Waals surface area contributed by atoms with E-state index in [0.29, 0.717) is 11.7 Å². The van der Waals surface area contributed by atoms with Crippen LogP contribution in [0.3, 0.4) is 0 Å². The van der Waals surface area contributed by atoms with Crippen LogP contribution >= 0.6 is 0 Å². The molecule has 0 aliphatic carbocycles. The quantitative estimate of drug-likeness (QED) is 0.900. The molecule has 2 heterocycles. The largest absolute Gasteiger partial charge is 0.443 e. The summed E-state index contributed by atoms with van der Waals surface area (Å²) in [6.45, 7) is 11.9. The number of anilines is 1. The molecule has 1 amide bonds. The number of hydrogen-bond donors (Lipinski definition) is 1. The molecule has 2 rings (SSSR count). The molecule has 5 nitrogen and oxygen atoms in total. The number of amides is 1. The summed E-state index contributed by atoms with van der Waals surface area (Å²) in [6.07, 6.45) is 4.35. The third kappa shape index (κ3) is 5.39. The predicted octanol–water partition coefficient (Wildman–Crippen LogP) is 4.19. The first kappa shape index (κ1) is 18.6. The number of hydrogen-bond acceptors (Lipinski definition) is 4. The van der Waals surface area contributed by atoms with Gasteiger partial charge in [0.2, 0.25) is 0 Å². The fourth-order valence-electron chi connectivity index (χ4n) is 3.67. The lowest BCUT2D eigenvalue weighted by Crippen LogP contribution is -2.43. The first-order valence-corrected chi connectivity index (χ1v) is 8.75. The van der Waals surface area contributed by atoms with Gasteiger partial charge in [0.15, 0.2) is 0 Å². The number of aromatic nitrogens is 1. The van der Waals surface area contributed by atoms with Gasteiger partial charge in [-0.1, -0.05) is 26.8 Å². The third-order valence-corrected chi connectivity index (χ3v) is 4.35. The van der Waals surface area contributed by atoms with E-state index >= 15 is 0 Å². The van der Waals surface area contributed by atoms with Gasteiger partial charge < -0.3 is 15.4 Å². The number of ether oxygens (including phenoxy) is 1. The summed E-state index contributed by atoms with van der Waals surface area (Å²) < 4.78 is 5.77. The molecule has 1 aromatic rings. The van der Waals surface area contributed by atoms with Crippen molar-refractivity contribution in [3.8, 4) is 0 Å². The number of nitrogens with two attached hydrogens (primary N) is 1. The standard InChI is InChI=1S/C19H31N3O2/c1-18(2,3)13-19(4,5)24-17(23)22-10-8-14(9-11-22)15-6-7-16(20)21-12-15/h6-7,12,14H,8-11,13H2,1-5H3,(H2,20,21). The number of piperidine rings is 1. The Kier molecular flexibility index (Phi) is 5.41. The number of likely N-dealkylation sites (tertiary alicyclic amines) is 1. The Bertz CT molecular complexity index is 553. The highest BCUT2D eigenvalue weighted by Gasteiger charge is 2.32. The van der Waals surface area contributed by atoms with Crippen LogP contribution in [0.4, 0.5) is 10.6 Å². The molecule has 0 atom stereocenters. The molecule has 0 aromatic carbocycles. The van der Waals surface area contributed by atoms with Gasteiger partial charge in [-0.3, -0.25) is 0 Å². The Balaban J connectivity index is 1.87. The third-order valence-electron chi connectivity index (χ3n) is 4.35. The van der Waals surface area contributed by atoms with Crippen molar-refractivity contribution in [3.05, 3.63) is 23.9 Å². The van der Waals surface area contributed by atoms with Crippen LogP contribution in [0, 0.1) is 5.41 Å². The number of nitrogens with zero attached hydrogens (tertiary/aromatic N) is 2. The van der Waals surface area contributed by atoms with E-state index in [4.69, 9.17) is 10.5 Å². The molecule has 1 aliphatic rings. The molecule has 1 aromatic heterocycles. The highest BCUT2D eigenvalue weighted by molar-refractivity contribution is 5.68. The fourth-order valence-corrected chi connectivity index (χ4v) is 3.67. The molecule has 0 saturated carbocycles. The van der Waals surface area contributed by atoms with E-state index in [2.05, 4.69) is 25.8 Å². The van der Waals surface area contributed by atoms with E-state index in [9.17, 15) is 4.79 Å². The second-order valence-electron chi connectivity index (χ2n) is 8.64. The van der Waals surface area contributed by atoms with Crippen molar-refractivity contribution in [2.75, 3.05) is 18.8 Å². The highest BCUT2D eigenvalue weighted by atomic mass is 16.6. The molecule has 1 aliphatic heterocycles. The molecule has 134 valence electrons. The minimum atomic E-state index is -0.451. The normalized spacial score (nSPS) is 17.0. The molecule has 0 spiro atoms. The smallest absolute Gasteiger partial charge is 0.410 e. The van der Waals surface area contributed by atoms with Crippen molar-refractivity contribution in [2.45, 2.75) is 65.4 Å². The fraction of sp³-hybridized carbons (Fsp3) is 0.684. The Morgan fingerprint density at radius 3 is 2.38 bits per heavy atom. The molecule has 24 heavy (non-hydrogen) atoms. The Hall–Kier alpha value is -1.78. The summed E-state index contributed by atoms with van der Waals surface area (Å²) >= 11 is 0. The zero-order valence-corrected chi connectivity index (χ0v) is 15.6. The molecule has 2 N–H and O–H groups in total. The maximum absolute atomic E-state index is 12.5. The van der Waals surface area contributed by atoms with E-state index in [1.165, 1.54) is 5.56 Å². The van der Waals surface area contributed by atoms with Gasteiger partial charge in [0.1, 0.15) is 11.4 Å². The minimum Gasteiger partial charge on any atom is -0.443 e. The summed E-state index contributed by atoms with van der Waals surface area (Å²) in [5.74, 6) is 0.977. The Morgan fingerprint density at radius 1 is 1.25 bits per heavy atom. The van der Waals surface area contributed by atoms with Crippen LogP contribution in [0.5, 0.6) is 0 Å².